The fraction of sp³-hybridized carbons (Fsp3) is 0.250. The second-order valence-corrected chi connectivity index (χ2v) is 6.36. The molecule has 1 atom stereocenters. The Bertz CT molecular complexity index is 734. The molecule has 136 valence electrons. The van der Waals surface area contributed by atoms with Gasteiger partial charge in [0.25, 0.3) is 0 Å². The molecule has 25 heavy (non-hydrogen) atoms. The number of anilines is 2. The molecule has 0 aromatic heterocycles. The van der Waals surface area contributed by atoms with Gasteiger partial charge in [0.2, 0.25) is 0 Å². The lowest BCUT2D eigenvalue weighted by molar-refractivity contribution is -0.0394. The topological polar surface area (TPSA) is 73.8 Å². The predicted molar refractivity (Wildman–Crippen MR) is 94.6 cm³/mol. The molecule has 0 heterocycles. The minimum atomic E-state index is -1.15. The summed E-state index contributed by atoms with van der Waals surface area (Å²) in [4.78, 5) is 4.93. The van der Waals surface area contributed by atoms with Crippen molar-refractivity contribution in [3.63, 3.8) is 0 Å². The van der Waals surface area contributed by atoms with E-state index in [2.05, 4.69) is 10.8 Å². The molecule has 0 spiro atoms. The van der Waals surface area contributed by atoms with Gasteiger partial charge in [-0.3, -0.25) is 4.84 Å². The second kappa shape index (κ2) is 9.34. The maximum atomic E-state index is 14.1. The van der Waals surface area contributed by atoms with Gasteiger partial charge >= 0.3 is 0 Å². The minimum absolute atomic E-state index is 0.00258. The summed E-state index contributed by atoms with van der Waals surface area (Å²) in [5.74, 6) is -2.82. The van der Waals surface area contributed by atoms with Gasteiger partial charge in [-0.05, 0) is 52.4 Å². The van der Waals surface area contributed by atoms with E-state index in [0.29, 0.717) is 3.57 Å². The van der Waals surface area contributed by atoms with E-state index in [-0.39, 0.29) is 30.1 Å². The summed E-state index contributed by atoms with van der Waals surface area (Å²) >= 11 is 1.94. The van der Waals surface area contributed by atoms with E-state index in [9.17, 15) is 13.2 Å². The van der Waals surface area contributed by atoms with Gasteiger partial charge in [0, 0.05) is 10.1 Å². The first-order valence-corrected chi connectivity index (χ1v) is 8.32. The van der Waals surface area contributed by atoms with Crippen LogP contribution in [0.4, 0.5) is 24.5 Å². The van der Waals surface area contributed by atoms with Gasteiger partial charge in [0.1, 0.15) is 11.9 Å². The van der Waals surface area contributed by atoms with Crippen molar-refractivity contribution >= 4 is 34.0 Å². The predicted octanol–water partition coefficient (Wildman–Crippen LogP) is 2.83. The molecule has 2 aromatic carbocycles. The monoisotopic (exact) mass is 468 g/mol. The van der Waals surface area contributed by atoms with Crippen molar-refractivity contribution in [2.24, 2.45) is 0 Å². The first-order chi connectivity index (χ1) is 11.9. The van der Waals surface area contributed by atoms with Gasteiger partial charge in [0.05, 0.1) is 24.6 Å². The van der Waals surface area contributed by atoms with Crippen molar-refractivity contribution in [3.05, 3.63) is 56.9 Å². The van der Waals surface area contributed by atoms with E-state index in [1.165, 1.54) is 18.2 Å². The fourth-order valence-corrected chi connectivity index (χ4v) is 2.39. The van der Waals surface area contributed by atoms with Crippen LogP contribution in [-0.4, -0.2) is 29.5 Å². The lowest BCUT2D eigenvalue weighted by Gasteiger charge is -2.15. The Morgan fingerprint density at radius 2 is 1.88 bits per heavy atom. The van der Waals surface area contributed by atoms with Crippen LogP contribution in [0.2, 0.25) is 0 Å². The number of nitrogens with one attached hydrogen (secondary N) is 2. The number of aliphatic hydroxyl groups excluding tert-OH is 2. The number of benzene rings is 2. The first-order valence-electron chi connectivity index (χ1n) is 7.25. The van der Waals surface area contributed by atoms with Gasteiger partial charge < -0.3 is 15.5 Å². The van der Waals surface area contributed by atoms with Crippen molar-refractivity contribution in [1.29, 1.82) is 0 Å². The maximum Gasteiger partial charge on any atom is 0.182 e. The molecule has 2 rings (SSSR count). The molecule has 2 aromatic rings. The molecule has 0 aliphatic rings. The number of rotatable bonds is 8. The van der Waals surface area contributed by atoms with Crippen LogP contribution in [0.15, 0.2) is 30.3 Å². The molecule has 0 aliphatic heterocycles. The Kier molecular flexibility index (Phi) is 7.44. The van der Waals surface area contributed by atoms with Crippen LogP contribution >= 0.6 is 22.6 Å². The van der Waals surface area contributed by atoms with E-state index >= 15 is 0 Å². The Morgan fingerprint density at radius 1 is 1.12 bits per heavy atom. The third-order valence-corrected chi connectivity index (χ3v) is 3.89. The minimum Gasteiger partial charge on any atom is -0.394 e. The number of aliphatic hydroxyl groups is 2. The van der Waals surface area contributed by atoms with E-state index in [4.69, 9.17) is 15.1 Å². The molecule has 0 saturated heterocycles. The maximum absolute atomic E-state index is 14.1. The molecule has 0 unspecified atom stereocenters. The van der Waals surface area contributed by atoms with Crippen molar-refractivity contribution < 1.29 is 28.2 Å². The summed E-state index contributed by atoms with van der Waals surface area (Å²) in [6, 6.07) is 6.58. The number of hydroxylamine groups is 1. The summed E-state index contributed by atoms with van der Waals surface area (Å²) in [5, 5.41) is 20.4. The smallest absolute Gasteiger partial charge is 0.182 e. The quantitative estimate of drug-likeness (QED) is 0.273. The van der Waals surface area contributed by atoms with Gasteiger partial charge in [-0.2, -0.15) is 5.48 Å². The molecule has 4 N–H and O–H groups in total. The number of hydrogen-bond acceptors (Lipinski definition) is 5. The highest BCUT2D eigenvalue weighted by Crippen LogP contribution is 2.28. The number of hydrogen-bond donors (Lipinski definition) is 4. The van der Waals surface area contributed by atoms with E-state index in [0.717, 1.165) is 6.07 Å². The Balaban J connectivity index is 2.16. The highest BCUT2D eigenvalue weighted by molar-refractivity contribution is 14.1. The van der Waals surface area contributed by atoms with E-state index in [1.807, 2.05) is 22.6 Å². The molecular weight excluding hydrogens is 452 g/mol. The van der Waals surface area contributed by atoms with Crippen LogP contribution in [0.25, 0.3) is 0 Å². The van der Waals surface area contributed by atoms with Gasteiger partial charge in [-0.25, -0.2) is 13.2 Å². The van der Waals surface area contributed by atoms with Gasteiger partial charge in [-0.15, -0.1) is 0 Å². The van der Waals surface area contributed by atoms with Crippen LogP contribution in [0.5, 0.6) is 0 Å². The van der Waals surface area contributed by atoms with Crippen molar-refractivity contribution in [1.82, 2.24) is 5.48 Å². The number of halogens is 4. The molecule has 0 amide bonds. The van der Waals surface area contributed by atoms with Gasteiger partial charge in [0.15, 0.2) is 11.6 Å². The third kappa shape index (κ3) is 5.54. The van der Waals surface area contributed by atoms with Crippen LogP contribution in [0, 0.1) is 21.0 Å². The lowest BCUT2D eigenvalue weighted by atomic mass is 10.1. The SMILES string of the molecule is OC[C@@H](O)CONCc1ccc(F)c(F)c1Nc1ccc(I)cc1F. The fourth-order valence-electron chi connectivity index (χ4n) is 1.94. The molecule has 5 nitrogen and oxygen atoms in total. The second-order valence-electron chi connectivity index (χ2n) is 5.11. The Hall–Kier alpha value is -1.40. The summed E-state index contributed by atoms with van der Waals surface area (Å²) in [7, 11) is 0. The van der Waals surface area contributed by atoms with Crippen molar-refractivity contribution in [3.8, 4) is 0 Å². The van der Waals surface area contributed by atoms with Crippen LogP contribution < -0.4 is 10.8 Å². The molecule has 0 saturated carbocycles. The standard InChI is InChI=1S/C16H16F3IN2O3/c17-12-3-1-9(6-21-25-8-11(24)7-23)16(15(12)19)22-14-4-2-10(20)5-13(14)18/h1-5,11,21-24H,6-8H2/t11-/m1/s1. The van der Waals surface area contributed by atoms with Crippen molar-refractivity contribution in [2.75, 3.05) is 18.5 Å². The van der Waals surface area contributed by atoms with Crippen LogP contribution in [-0.2, 0) is 11.4 Å². The third-order valence-electron chi connectivity index (χ3n) is 3.22. The molecule has 0 fully saturated rings. The van der Waals surface area contributed by atoms with E-state index in [1.54, 1.807) is 6.07 Å². The van der Waals surface area contributed by atoms with Crippen LogP contribution in [0.1, 0.15) is 5.56 Å². The van der Waals surface area contributed by atoms with Crippen LogP contribution in [0.3, 0.4) is 0 Å². The summed E-state index contributed by atoms with van der Waals surface area (Å²) < 4.78 is 42.3. The zero-order valence-electron chi connectivity index (χ0n) is 12.9. The average molecular weight is 468 g/mol. The molecule has 0 aliphatic carbocycles. The zero-order chi connectivity index (χ0) is 18.4. The summed E-state index contributed by atoms with van der Waals surface area (Å²) in [6.45, 7) is -0.690. The van der Waals surface area contributed by atoms with Gasteiger partial charge in [-0.1, -0.05) is 6.07 Å². The molecule has 0 radical (unpaired) electrons. The highest BCUT2D eigenvalue weighted by atomic mass is 127. The Labute approximate surface area is 155 Å². The molecular formula is C16H16F3IN2O3. The Morgan fingerprint density at radius 3 is 2.56 bits per heavy atom. The molecule has 0 bridgehead atoms. The largest absolute Gasteiger partial charge is 0.394 e. The highest BCUT2D eigenvalue weighted by Gasteiger charge is 2.15. The van der Waals surface area contributed by atoms with Crippen molar-refractivity contribution in [2.45, 2.75) is 12.6 Å². The first kappa shape index (κ1) is 19.9. The average Bonchev–Trinajstić information content (AvgIpc) is 2.59. The molecule has 9 heteroatoms. The lowest BCUT2D eigenvalue weighted by Crippen LogP contribution is -2.25. The van der Waals surface area contributed by atoms with E-state index < -0.39 is 30.2 Å². The zero-order valence-corrected chi connectivity index (χ0v) is 15.1. The summed E-state index contributed by atoms with van der Waals surface area (Å²) in [6.07, 6.45) is -1.06. The summed E-state index contributed by atoms with van der Waals surface area (Å²) in [5.41, 5.74) is 2.54. The normalized spacial score (nSPS) is 12.2.